The zero-order valence-electron chi connectivity index (χ0n) is 21.9. The number of anilines is 1. The van der Waals surface area contributed by atoms with E-state index in [1.165, 1.54) is 0 Å². The van der Waals surface area contributed by atoms with E-state index in [0.717, 1.165) is 5.56 Å². The van der Waals surface area contributed by atoms with E-state index in [1.807, 2.05) is 25.1 Å². The van der Waals surface area contributed by atoms with Gasteiger partial charge in [-0.1, -0.05) is 12.1 Å². The molecule has 0 aliphatic carbocycles. The number of carbonyl (C=O) groups is 4. The van der Waals surface area contributed by atoms with Crippen molar-refractivity contribution in [2.75, 3.05) is 44.4 Å². The van der Waals surface area contributed by atoms with E-state index in [2.05, 4.69) is 0 Å². The van der Waals surface area contributed by atoms with Gasteiger partial charge >= 0.3 is 5.97 Å². The van der Waals surface area contributed by atoms with Crippen molar-refractivity contribution in [2.24, 2.45) is 5.92 Å². The maximum atomic E-state index is 12.8. The highest BCUT2D eigenvalue weighted by atomic mass is 16.5. The molecule has 38 heavy (non-hydrogen) atoms. The Balaban J connectivity index is 1.32. The number of hydrogen-bond donors (Lipinski definition) is 0. The van der Waals surface area contributed by atoms with Crippen LogP contribution in [-0.4, -0.2) is 67.9 Å². The zero-order valence-corrected chi connectivity index (χ0v) is 21.9. The van der Waals surface area contributed by atoms with Gasteiger partial charge in [0.2, 0.25) is 5.91 Å². The van der Waals surface area contributed by atoms with E-state index in [-0.39, 0.29) is 49.1 Å². The summed E-state index contributed by atoms with van der Waals surface area (Å²) in [7, 11) is 0. The Morgan fingerprint density at radius 1 is 1.08 bits per heavy atom. The number of hydrogen-bond acceptors (Lipinski definition) is 7. The van der Waals surface area contributed by atoms with Gasteiger partial charge in [0.05, 0.1) is 18.2 Å². The number of fused-ring (bicyclic) bond motifs is 1. The van der Waals surface area contributed by atoms with Crippen LogP contribution in [0.1, 0.15) is 48.5 Å². The molecule has 0 bridgehead atoms. The lowest BCUT2D eigenvalue weighted by Gasteiger charge is -2.32. The molecule has 2 aromatic rings. The van der Waals surface area contributed by atoms with Gasteiger partial charge in [-0.15, -0.1) is 0 Å². The second kappa shape index (κ2) is 12.6. The van der Waals surface area contributed by atoms with Crippen LogP contribution in [0.5, 0.6) is 11.5 Å². The second-order valence-electron chi connectivity index (χ2n) is 9.56. The number of piperidine rings is 1. The third-order valence-corrected chi connectivity index (χ3v) is 6.82. The van der Waals surface area contributed by atoms with Crippen molar-refractivity contribution < 1.29 is 33.4 Å². The second-order valence-corrected chi connectivity index (χ2v) is 9.56. The van der Waals surface area contributed by atoms with Crippen LogP contribution in [0.4, 0.5) is 5.69 Å². The molecule has 0 N–H and O–H groups in total. The van der Waals surface area contributed by atoms with Crippen LogP contribution in [0.2, 0.25) is 0 Å². The van der Waals surface area contributed by atoms with Crippen molar-refractivity contribution in [1.29, 1.82) is 0 Å². The summed E-state index contributed by atoms with van der Waals surface area (Å²) in [6, 6.07) is 12.5. The molecule has 2 aromatic carbocycles. The molecule has 0 atom stereocenters. The Kier molecular flexibility index (Phi) is 8.99. The van der Waals surface area contributed by atoms with Gasteiger partial charge in [0.1, 0.15) is 11.5 Å². The Morgan fingerprint density at radius 3 is 2.61 bits per heavy atom. The SMILES string of the molecule is CCOC(=O)C1CCN(C(=O)CCCN2C(=O)COc3ccc(C(=O)COc4cccc(C)c4)cc32)CC1. The molecule has 0 unspecified atom stereocenters. The molecule has 9 heteroatoms. The van der Waals surface area contributed by atoms with Crippen LogP contribution in [0, 0.1) is 12.8 Å². The Bertz CT molecular complexity index is 1190. The van der Waals surface area contributed by atoms with Crippen molar-refractivity contribution in [1.82, 2.24) is 4.90 Å². The highest BCUT2D eigenvalue weighted by molar-refractivity contribution is 6.02. The van der Waals surface area contributed by atoms with E-state index >= 15 is 0 Å². The van der Waals surface area contributed by atoms with Gasteiger partial charge in [-0.3, -0.25) is 19.2 Å². The maximum absolute atomic E-state index is 12.8. The number of nitrogens with zero attached hydrogens (tertiary/aromatic N) is 2. The normalized spacial score (nSPS) is 15.5. The molecule has 2 aliphatic rings. The van der Waals surface area contributed by atoms with Crippen molar-refractivity contribution in [2.45, 2.75) is 39.5 Å². The molecule has 4 rings (SSSR count). The topological polar surface area (TPSA) is 102 Å². The molecule has 202 valence electrons. The fourth-order valence-electron chi connectivity index (χ4n) is 4.73. The molecule has 2 heterocycles. The average molecular weight is 523 g/mol. The fourth-order valence-corrected chi connectivity index (χ4v) is 4.73. The first-order chi connectivity index (χ1) is 18.4. The summed E-state index contributed by atoms with van der Waals surface area (Å²) in [4.78, 5) is 53.5. The molecule has 0 aromatic heterocycles. The highest BCUT2D eigenvalue weighted by Crippen LogP contribution is 2.33. The first-order valence-electron chi connectivity index (χ1n) is 13.1. The minimum absolute atomic E-state index is 0.00506. The summed E-state index contributed by atoms with van der Waals surface area (Å²) >= 11 is 0. The quantitative estimate of drug-likeness (QED) is 0.347. The van der Waals surface area contributed by atoms with Gasteiger partial charge in [-0.25, -0.2) is 0 Å². The number of amides is 2. The number of benzene rings is 2. The van der Waals surface area contributed by atoms with Crippen LogP contribution in [0.15, 0.2) is 42.5 Å². The predicted octanol–water partition coefficient (Wildman–Crippen LogP) is 3.56. The maximum Gasteiger partial charge on any atom is 0.309 e. The zero-order chi connectivity index (χ0) is 27.1. The number of carbonyl (C=O) groups excluding carboxylic acids is 4. The number of ketones is 1. The van der Waals surface area contributed by atoms with Gasteiger partial charge < -0.3 is 24.0 Å². The smallest absolute Gasteiger partial charge is 0.309 e. The highest BCUT2D eigenvalue weighted by Gasteiger charge is 2.29. The predicted molar refractivity (Wildman–Crippen MR) is 140 cm³/mol. The van der Waals surface area contributed by atoms with Crippen molar-refractivity contribution in [3.63, 3.8) is 0 Å². The summed E-state index contributed by atoms with van der Waals surface area (Å²) in [6.45, 7) is 5.26. The fraction of sp³-hybridized carbons (Fsp3) is 0.448. The molecule has 9 nitrogen and oxygen atoms in total. The summed E-state index contributed by atoms with van der Waals surface area (Å²) < 4.78 is 16.3. The van der Waals surface area contributed by atoms with E-state index in [9.17, 15) is 19.2 Å². The molecular weight excluding hydrogens is 488 g/mol. The van der Waals surface area contributed by atoms with Crippen molar-refractivity contribution in [3.8, 4) is 11.5 Å². The standard InChI is InChI=1S/C29H34N2O7/c1-3-36-29(35)21-11-14-30(15-12-21)27(33)8-5-13-31-24-17-22(9-10-26(24)38-19-28(31)34)25(32)18-37-23-7-4-6-20(2)16-23/h4,6-7,9-10,16-17,21H,3,5,8,11-15,18-19H2,1-2H3. The number of Topliss-reactive ketones (excluding diaryl/α,β-unsaturated/α-hetero) is 1. The number of esters is 1. The van der Waals surface area contributed by atoms with Crippen LogP contribution < -0.4 is 14.4 Å². The summed E-state index contributed by atoms with van der Waals surface area (Å²) in [5, 5.41) is 0. The van der Waals surface area contributed by atoms with Gasteiger partial charge in [0, 0.05) is 31.6 Å². The molecule has 0 spiro atoms. The number of rotatable bonds is 10. The van der Waals surface area contributed by atoms with Gasteiger partial charge in [-0.05, 0) is 69.0 Å². The molecule has 2 aliphatic heterocycles. The van der Waals surface area contributed by atoms with Gasteiger partial charge in [-0.2, -0.15) is 0 Å². The first-order valence-corrected chi connectivity index (χ1v) is 13.1. The van der Waals surface area contributed by atoms with E-state index in [4.69, 9.17) is 14.2 Å². The Labute approximate surface area is 222 Å². The van der Waals surface area contributed by atoms with E-state index < -0.39 is 0 Å². The van der Waals surface area contributed by atoms with Crippen LogP contribution in [0.25, 0.3) is 0 Å². The molecule has 2 amide bonds. The first kappa shape index (κ1) is 27.2. The van der Waals surface area contributed by atoms with Crippen LogP contribution in [0.3, 0.4) is 0 Å². The lowest BCUT2D eigenvalue weighted by molar-refractivity contribution is -0.151. The third kappa shape index (κ3) is 6.70. The van der Waals surface area contributed by atoms with Crippen LogP contribution >= 0.6 is 0 Å². The Hall–Kier alpha value is -3.88. The lowest BCUT2D eigenvalue weighted by atomic mass is 9.96. The summed E-state index contributed by atoms with van der Waals surface area (Å²) in [6.07, 6.45) is 1.96. The Morgan fingerprint density at radius 2 is 1.87 bits per heavy atom. The molecule has 0 radical (unpaired) electrons. The van der Waals surface area contributed by atoms with Crippen molar-refractivity contribution in [3.05, 3.63) is 53.6 Å². The monoisotopic (exact) mass is 522 g/mol. The average Bonchev–Trinajstić information content (AvgIpc) is 2.92. The lowest BCUT2D eigenvalue weighted by Crippen LogP contribution is -2.42. The van der Waals surface area contributed by atoms with Crippen molar-refractivity contribution >= 4 is 29.3 Å². The van der Waals surface area contributed by atoms with E-state index in [0.29, 0.717) is 68.3 Å². The minimum Gasteiger partial charge on any atom is -0.485 e. The van der Waals surface area contributed by atoms with Gasteiger partial charge in [0.25, 0.3) is 5.91 Å². The molecule has 1 saturated heterocycles. The van der Waals surface area contributed by atoms with E-state index in [1.54, 1.807) is 41.0 Å². The minimum atomic E-state index is -0.221. The molecule has 1 fully saturated rings. The molecule has 0 saturated carbocycles. The summed E-state index contributed by atoms with van der Waals surface area (Å²) in [5.41, 5.74) is 1.97. The number of aryl methyl sites for hydroxylation is 1. The summed E-state index contributed by atoms with van der Waals surface area (Å²) in [5.74, 6) is 0.364. The van der Waals surface area contributed by atoms with Crippen LogP contribution in [-0.2, 0) is 19.1 Å². The number of likely N-dealkylation sites (tertiary alicyclic amines) is 1. The number of ether oxygens (including phenoxy) is 3. The molecular formula is C29H34N2O7. The third-order valence-electron chi connectivity index (χ3n) is 6.82. The largest absolute Gasteiger partial charge is 0.485 e. The van der Waals surface area contributed by atoms with Gasteiger partial charge in [0.15, 0.2) is 19.0 Å².